The van der Waals surface area contributed by atoms with Crippen LogP contribution >= 0.6 is 46.3 Å². The molecule has 0 fully saturated rings. The van der Waals surface area contributed by atoms with Gasteiger partial charge in [-0.25, -0.2) is 15.2 Å². The fourth-order valence-corrected chi connectivity index (χ4v) is 6.84. The lowest BCUT2D eigenvalue weighted by Crippen LogP contribution is -2.44. The number of amides is 3. The zero-order valence-corrected chi connectivity index (χ0v) is 24.0. The van der Waals surface area contributed by atoms with E-state index in [9.17, 15) is 27.6 Å². The highest BCUT2D eigenvalue weighted by Crippen LogP contribution is 2.37. The Balaban J connectivity index is 1.30. The number of nitrogens with zero attached hydrogens (tertiary/aromatic N) is 2. The molecule has 0 bridgehead atoms. The molecule has 2 aromatic heterocycles. The molecule has 41 heavy (non-hydrogen) atoms. The van der Waals surface area contributed by atoms with Gasteiger partial charge in [0.05, 0.1) is 27.4 Å². The molecule has 0 spiro atoms. The second kappa shape index (κ2) is 11.9. The molecule has 1 aliphatic rings. The van der Waals surface area contributed by atoms with E-state index in [1.165, 1.54) is 22.0 Å². The van der Waals surface area contributed by atoms with Crippen molar-refractivity contribution in [1.82, 2.24) is 20.4 Å². The maximum absolute atomic E-state index is 13.7. The van der Waals surface area contributed by atoms with Crippen molar-refractivity contribution in [2.24, 2.45) is 0 Å². The number of alkyl halides is 3. The number of hydrogen-bond donors (Lipinski definition) is 3. The fraction of sp³-hybridized carbons (Fsp3) is 0.231. The Hall–Kier alpha value is -3.26. The number of hydrogen-bond acceptors (Lipinski definition) is 6. The molecule has 214 valence electrons. The molecule has 3 N–H and O–H groups in total. The average molecular weight is 643 g/mol. The summed E-state index contributed by atoms with van der Waals surface area (Å²) in [4.78, 5) is 44.9. The first-order chi connectivity index (χ1) is 19.5. The second-order valence-corrected chi connectivity index (χ2v) is 11.9. The van der Waals surface area contributed by atoms with Gasteiger partial charge in [-0.3, -0.25) is 19.6 Å². The highest BCUT2D eigenvalue weighted by molar-refractivity contribution is 7.99. The van der Waals surface area contributed by atoms with Gasteiger partial charge in [-0.1, -0.05) is 35.0 Å². The first-order valence-electron chi connectivity index (χ1n) is 12.2. The largest absolute Gasteiger partial charge is 0.417 e. The lowest BCUT2D eigenvalue weighted by atomic mass is 9.97. The highest BCUT2D eigenvalue weighted by Gasteiger charge is 2.33. The van der Waals surface area contributed by atoms with Crippen molar-refractivity contribution in [3.8, 4) is 5.69 Å². The van der Waals surface area contributed by atoms with E-state index in [2.05, 4.69) is 16.2 Å². The molecular formula is C26H20Cl2F3N5O3S2. The summed E-state index contributed by atoms with van der Waals surface area (Å²) in [6.07, 6.45) is -0.956. The Morgan fingerprint density at radius 1 is 1.05 bits per heavy atom. The molecule has 2 aromatic carbocycles. The summed E-state index contributed by atoms with van der Waals surface area (Å²) in [7, 11) is 0. The number of benzene rings is 2. The molecule has 0 unspecified atom stereocenters. The predicted octanol–water partition coefficient (Wildman–Crippen LogP) is 6.60. The number of carbonyl (C=O) groups excluding carboxylic acids is 2. The number of rotatable bonds is 5. The number of thioether (sulfide) groups is 1. The van der Waals surface area contributed by atoms with E-state index in [4.69, 9.17) is 28.2 Å². The Bertz CT molecular complexity index is 1710. The molecule has 2 heterocycles. The molecule has 0 atom stereocenters. The van der Waals surface area contributed by atoms with Crippen molar-refractivity contribution in [1.29, 1.82) is 0 Å². The minimum Gasteiger partial charge on any atom is -0.307 e. The zero-order chi connectivity index (χ0) is 29.3. The Kier molecular flexibility index (Phi) is 8.50. The van der Waals surface area contributed by atoms with Crippen molar-refractivity contribution in [3.63, 3.8) is 0 Å². The minimum absolute atomic E-state index is 0.175. The third-order valence-corrected chi connectivity index (χ3v) is 8.93. The van der Waals surface area contributed by atoms with Crippen LogP contribution in [-0.2, 0) is 23.8 Å². The number of halogens is 5. The van der Waals surface area contributed by atoms with Crippen molar-refractivity contribution < 1.29 is 22.8 Å². The number of nitrogens with one attached hydrogen (secondary N) is 3. The molecule has 0 saturated heterocycles. The number of aromatic nitrogens is 2. The minimum atomic E-state index is -4.71. The maximum Gasteiger partial charge on any atom is 0.417 e. The topological polar surface area (TPSA) is 105 Å². The van der Waals surface area contributed by atoms with Crippen LogP contribution in [0.2, 0.25) is 10.0 Å². The van der Waals surface area contributed by atoms with Crippen LogP contribution in [0.15, 0.2) is 52.4 Å². The van der Waals surface area contributed by atoms with Crippen LogP contribution in [0.1, 0.15) is 28.8 Å². The molecular weight excluding hydrogens is 622 g/mol. The number of carbonyl (C=O) groups is 2. The summed E-state index contributed by atoms with van der Waals surface area (Å²) in [5, 5.41) is 3.05. The molecule has 3 amide bonds. The lowest BCUT2D eigenvalue weighted by molar-refractivity contribution is -0.137. The molecule has 15 heteroatoms. The van der Waals surface area contributed by atoms with Crippen molar-refractivity contribution in [2.45, 2.75) is 37.0 Å². The lowest BCUT2D eigenvalue weighted by Gasteiger charge is -2.14. The smallest absolute Gasteiger partial charge is 0.307 e. The van der Waals surface area contributed by atoms with Gasteiger partial charge in [0.25, 0.3) is 5.56 Å². The van der Waals surface area contributed by atoms with Gasteiger partial charge in [-0.15, -0.1) is 11.3 Å². The first-order valence-corrected chi connectivity index (χ1v) is 14.8. The number of urea groups is 1. The van der Waals surface area contributed by atoms with E-state index in [1.54, 1.807) is 24.3 Å². The summed E-state index contributed by atoms with van der Waals surface area (Å²) < 4.78 is 40.6. The van der Waals surface area contributed by atoms with Gasteiger partial charge in [-0.05, 0) is 73.7 Å². The molecule has 0 aliphatic heterocycles. The molecule has 0 radical (unpaired) electrons. The van der Waals surface area contributed by atoms with Crippen LogP contribution in [0.3, 0.4) is 0 Å². The Morgan fingerprint density at radius 2 is 1.78 bits per heavy atom. The predicted molar refractivity (Wildman–Crippen MR) is 154 cm³/mol. The standard InChI is InChI=1S/C26H20Cl2F3N5O3S2/c27-13-5-8-15(9-6-13)36-23(38)21-16-3-1-2-4-19(16)41-22(21)33-25(36)40-12-20(37)34-35-24(39)32-14-7-10-18(28)17(11-14)26(29,30)31/h5-11H,1-4,12H2,(H,34,37)(H2,32,35,39). The van der Waals surface area contributed by atoms with E-state index in [0.29, 0.717) is 27.0 Å². The van der Waals surface area contributed by atoms with E-state index >= 15 is 0 Å². The summed E-state index contributed by atoms with van der Waals surface area (Å²) in [5.41, 5.74) is 4.32. The van der Waals surface area contributed by atoms with Crippen LogP contribution in [0, 0.1) is 0 Å². The molecule has 0 saturated carbocycles. The van der Waals surface area contributed by atoms with E-state index in [1.807, 2.05) is 0 Å². The summed E-state index contributed by atoms with van der Waals surface area (Å²) in [6.45, 7) is 0. The van der Waals surface area contributed by atoms with Gasteiger partial charge >= 0.3 is 12.2 Å². The Labute approximate surface area is 249 Å². The normalized spacial score (nSPS) is 13.1. The quantitative estimate of drug-likeness (QED) is 0.129. The van der Waals surface area contributed by atoms with Crippen LogP contribution in [-0.4, -0.2) is 27.2 Å². The molecule has 1 aliphatic carbocycles. The third kappa shape index (κ3) is 6.48. The van der Waals surface area contributed by atoms with E-state index in [-0.39, 0.29) is 22.2 Å². The first kappa shape index (κ1) is 29.2. The molecule has 8 nitrogen and oxygen atoms in total. The van der Waals surface area contributed by atoms with Gasteiger partial charge in [0.15, 0.2) is 5.16 Å². The summed E-state index contributed by atoms with van der Waals surface area (Å²) in [6, 6.07) is 8.58. The van der Waals surface area contributed by atoms with Gasteiger partial charge in [-0.2, -0.15) is 13.2 Å². The van der Waals surface area contributed by atoms with Crippen molar-refractivity contribution in [2.75, 3.05) is 11.1 Å². The van der Waals surface area contributed by atoms with Gasteiger partial charge in [0.2, 0.25) is 5.91 Å². The van der Waals surface area contributed by atoms with E-state index in [0.717, 1.165) is 54.0 Å². The SMILES string of the molecule is O=C(CSc1nc2sc3c(c2c(=O)n1-c1ccc(Cl)cc1)CCCC3)NNC(=O)Nc1ccc(Cl)c(C(F)(F)F)c1. The van der Waals surface area contributed by atoms with Crippen molar-refractivity contribution >= 4 is 74.1 Å². The molecule has 5 rings (SSSR count). The number of thiophene rings is 1. The van der Waals surface area contributed by atoms with Gasteiger partial charge in [0, 0.05) is 15.6 Å². The number of hydrazine groups is 1. The van der Waals surface area contributed by atoms with Gasteiger partial charge < -0.3 is 5.32 Å². The van der Waals surface area contributed by atoms with E-state index < -0.39 is 28.7 Å². The zero-order valence-electron chi connectivity index (χ0n) is 20.9. The van der Waals surface area contributed by atoms with Crippen LogP contribution in [0.25, 0.3) is 15.9 Å². The summed E-state index contributed by atoms with van der Waals surface area (Å²) in [5.74, 6) is -0.865. The van der Waals surface area contributed by atoms with Crippen molar-refractivity contribution in [3.05, 3.63) is 78.9 Å². The summed E-state index contributed by atoms with van der Waals surface area (Å²) >= 11 is 14.1. The number of aryl methyl sites for hydroxylation is 2. The van der Waals surface area contributed by atoms with Crippen LogP contribution < -0.4 is 21.7 Å². The second-order valence-electron chi connectivity index (χ2n) is 9.01. The monoisotopic (exact) mass is 641 g/mol. The fourth-order valence-electron chi connectivity index (χ4n) is 4.38. The Morgan fingerprint density at radius 3 is 2.51 bits per heavy atom. The number of fused-ring (bicyclic) bond motifs is 3. The highest BCUT2D eigenvalue weighted by atomic mass is 35.5. The molecule has 4 aromatic rings. The van der Waals surface area contributed by atoms with Crippen LogP contribution in [0.5, 0.6) is 0 Å². The average Bonchev–Trinajstić information content (AvgIpc) is 3.30. The third-order valence-electron chi connectivity index (χ3n) is 6.22. The van der Waals surface area contributed by atoms with Gasteiger partial charge in [0.1, 0.15) is 4.83 Å². The number of anilines is 1. The maximum atomic E-state index is 13.7. The van der Waals surface area contributed by atoms with Crippen LogP contribution in [0.4, 0.5) is 23.7 Å².